The molecule has 0 radical (unpaired) electrons. The quantitative estimate of drug-likeness (QED) is 0.190. The minimum absolute atomic E-state index is 0.00719. The van der Waals surface area contributed by atoms with Crippen molar-refractivity contribution in [2.24, 2.45) is 5.10 Å². The minimum atomic E-state index is -0.469. The molecule has 0 unspecified atom stereocenters. The lowest BCUT2D eigenvalue weighted by atomic mass is 10.2. The number of methoxy groups -OCH3 is 2. The van der Waals surface area contributed by atoms with Crippen LogP contribution < -0.4 is 24.4 Å². The zero-order valence-electron chi connectivity index (χ0n) is 20.5. The number of rotatable bonds is 12. The number of hydrazone groups is 1. The van der Waals surface area contributed by atoms with Crippen molar-refractivity contribution in [3.8, 4) is 23.0 Å². The first-order valence-electron chi connectivity index (χ1n) is 11.2. The summed E-state index contributed by atoms with van der Waals surface area (Å²) in [6.07, 6.45) is 2.27. The predicted molar refractivity (Wildman–Crippen MR) is 139 cm³/mol. The molecule has 1 amide bonds. The monoisotopic (exact) mass is 527 g/mol. The van der Waals surface area contributed by atoms with Gasteiger partial charge in [-0.2, -0.15) is 5.10 Å². The number of nitro benzene ring substituents is 1. The second-order valence-corrected chi connectivity index (χ2v) is 8.07. The fourth-order valence-electron chi connectivity index (χ4n) is 3.19. The van der Waals surface area contributed by atoms with E-state index in [0.717, 1.165) is 12.0 Å². The molecule has 0 saturated carbocycles. The summed E-state index contributed by atoms with van der Waals surface area (Å²) in [5, 5.41) is 15.1. The van der Waals surface area contributed by atoms with Gasteiger partial charge in [-0.15, -0.1) is 0 Å². The Bertz CT molecular complexity index is 1280. The van der Waals surface area contributed by atoms with Crippen molar-refractivity contribution >= 4 is 29.4 Å². The van der Waals surface area contributed by atoms with Crippen LogP contribution in [0.2, 0.25) is 5.02 Å². The van der Waals surface area contributed by atoms with Gasteiger partial charge in [0, 0.05) is 17.7 Å². The van der Waals surface area contributed by atoms with Gasteiger partial charge in [0.15, 0.2) is 23.0 Å². The number of ether oxygens (including phenoxy) is 4. The second-order valence-electron chi connectivity index (χ2n) is 7.66. The van der Waals surface area contributed by atoms with E-state index in [9.17, 15) is 14.9 Å². The molecule has 11 heteroatoms. The molecule has 3 aromatic rings. The van der Waals surface area contributed by atoms with Gasteiger partial charge in [-0.3, -0.25) is 14.9 Å². The summed E-state index contributed by atoms with van der Waals surface area (Å²) in [5.41, 5.74) is 4.09. The summed E-state index contributed by atoms with van der Waals surface area (Å²) in [7, 11) is 2.97. The summed E-state index contributed by atoms with van der Waals surface area (Å²) >= 11 is 6.40. The van der Waals surface area contributed by atoms with Crippen LogP contribution in [0.4, 0.5) is 5.69 Å². The third-order valence-corrected chi connectivity index (χ3v) is 5.33. The lowest BCUT2D eigenvalue weighted by molar-refractivity contribution is -0.384. The Morgan fingerprint density at radius 2 is 1.76 bits per heavy atom. The van der Waals surface area contributed by atoms with E-state index in [1.807, 2.05) is 6.92 Å². The number of non-ortho nitro benzene ring substituents is 1. The molecule has 1 N–H and O–H groups in total. The molecule has 194 valence electrons. The summed E-state index contributed by atoms with van der Waals surface area (Å²) < 4.78 is 22.1. The number of hydrogen-bond donors (Lipinski definition) is 1. The number of amides is 1. The van der Waals surface area contributed by atoms with Crippen molar-refractivity contribution < 1.29 is 28.7 Å². The SMILES string of the molecule is CCCOc1ccc(C(=O)N/N=C/c2cc(Cl)c(OCc3ccc([N+](=O)[O-])cc3)c(OC)c2)cc1OC. The molecular weight excluding hydrogens is 502 g/mol. The predicted octanol–water partition coefficient (Wildman–Crippen LogP) is 5.40. The van der Waals surface area contributed by atoms with E-state index in [4.69, 9.17) is 30.5 Å². The van der Waals surface area contributed by atoms with E-state index in [2.05, 4.69) is 10.5 Å². The van der Waals surface area contributed by atoms with Crippen LogP contribution in [0.15, 0.2) is 59.7 Å². The Labute approximate surface area is 218 Å². The molecule has 0 spiro atoms. The van der Waals surface area contributed by atoms with Crippen LogP contribution in [0.3, 0.4) is 0 Å². The minimum Gasteiger partial charge on any atom is -0.493 e. The third kappa shape index (κ3) is 7.34. The van der Waals surface area contributed by atoms with Gasteiger partial charge in [-0.1, -0.05) is 18.5 Å². The summed E-state index contributed by atoms with van der Waals surface area (Å²) in [6.45, 7) is 2.67. The van der Waals surface area contributed by atoms with Crippen LogP contribution in [0.1, 0.15) is 34.8 Å². The highest BCUT2D eigenvalue weighted by Crippen LogP contribution is 2.36. The van der Waals surface area contributed by atoms with E-state index in [-0.39, 0.29) is 17.3 Å². The molecule has 0 aliphatic rings. The zero-order chi connectivity index (χ0) is 26.8. The molecule has 0 aliphatic carbocycles. The lowest BCUT2D eigenvalue weighted by Crippen LogP contribution is -2.17. The maximum atomic E-state index is 12.5. The Kier molecular flexibility index (Phi) is 9.68. The molecule has 10 nitrogen and oxygen atoms in total. The van der Waals surface area contributed by atoms with Crippen molar-refractivity contribution in [3.05, 3.63) is 86.4 Å². The van der Waals surface area contributed by atoms with Crippen LogP contribution in [0.5, 0.6) is 23.0 Å². The maximum Gasteiger partial charge on any atom is 0.271 e. The number of nitrogens with zero attached hydrogens (tertiary/aromatic N) is 2. The maximum absolute atomic E-state index is 12.5. The average Bonchev–Trinajstić information content (AvgIpc) is 2.91. The van der Waals surface area contributed by atoms with Crippen molar-refractivity contribution in [1.82, 2.24) is 5.43 Å². The Hall–Kier alpha value is -4.31. The molecule has 3 rings (SSSR count). The van der Waals surface area contributed by atoms with E-state index < -0.39 is 10.8 Å². The number of nitro groups is 1. The van der Waals surface area contributed by atoms with Gasteiger partial charge in [-0.25, -0.2) is 5.43 Å². The van der Waals surface area contributed by atoms with Crippen molar-refractivity contribution in [2.75, 3.05) is 20.8 Å². The van der Waals surface area contributed by atoms with Gasteiger partial charge in [0.25, 0.3) is 11.6 Å². The summed E-state index contributed by atoms with van der Waals surface area (Å²) in [5.74, 6) is 1.24. The fourth-order valence-corrected chi connectivity index (χ4v) is 3.47. The molecule has 0 saturated heterocycles. The first kappa shape index (κ1) is 27.3. The molecule has 37 heavy (non-hydrogen) atoms. The number of halogens is 1. The number of benzene rings is 3. The summed E-state index contributed by atoms with van der Waals surface area (Å²) in [6, 6.07) is 14.1. The Morgan fingerprint density at radius 1 is 1.03 bits per heavy atom. The van der Waals surface area contributed by atoms with Gasteiger partial charge >= 0.3 is 0 Å². The van der Waals surface area contributed by atoms with E-state index in [1.165, 1.54) is 32.6 Å². The zero-order valence-corrected chi connectivity index (χ0v) is 21.3. The van der Waals surface area contributed by atoms with Crippen LogP contribution in [0, 0.1) is 10.1 Å². The standard InChI is InChI=1S/C26H26ClN3O7/c1-4-11-36-22-10-7-19(14-23(22)34-2)26(31)29-28-15-18-12-21(27)25(24(13-18)35-3)37-16-17-5-8-20(9-6-17)30(32)33/h5-10,12-15H,4,11,16H2,1-3H3,(H,29,31)/b28-15+. The van der Waals surface area contributed by atoms with Gasteiger partial charge < -0.3 is 18.9 Å². The number of nitrogens with one attached hydrogen (secondary N) is 1. The van der Waals surface area contributed by atoms with Gasteiger partial charge in [0.2, 0.25) is 0 Å². The summed E-state index contributed by atoms with van der Waals surface area (Å²) in [4.78, 5) is 22.9. The topological polar surface area (TPSA) is 122 Å². The van der Waals surface area contributed by atoms with Gasteiger partial charge in [0.1, 0.15) is 6.61 Å². The van der Waals surface area contributed by atoms with Crippen LogP contribution in [-0.4, -0.2) is 37.9 Å². The van der Waals surface area contributed by atoms with Crippen molar-refractivity contribution in [3.63, 3.8) is 0 Å². The van der Waals surface area contributed by atoms with E-state index in [1.54, 1.807) is 42.5 Å². The van der Waals surface area contributed by atoms with E-state index >= 15 is 0 Å². The average molecular weight is 528 g/mol. The van der Waals surface area contributed by atoms with Crippen molar-refractivity contribution in [1.29, 1.82) is 0 Å². The first-order valence-corrected chi connectivity index (χ1v) is 11.6. The molecular formula is C26H26ClN3O7. The normalized spacial score (nSPS) is 10.7. The van der Waals surface area contributed by atoms with Crippen LogP contribution in [0.25, 0.3) is 0 Å². The van der Waals surface area contributed by atoms with Crippen molar-refractivity contribution in [2.45, 2.75) is 20.0 Å². The molecule has 0 bridgehead atoms. The Morgan fingerprint density at radius 3 is 2.41 bits per heavy atom. The highest BCUT2D eigenvalue weighted by atomic mass is 35.5. The lowest BCUT2D eigenvalue weighted by Gasteiger charge is -2.13. The highest BCUT2D eigenvalue weighted by molar-refractivity contribution is 6.32. The first-order chi connectivity index (χ1) is 17.9. The third-order valence-electron chi connectivity index (χ3n) is 5.05. The number of carbonyl (C=O) groups is 1. The molecule has 0 fully saturated rings. The van der Waals surface area contributed by atoms with Crippen LogP contribution in [-0.2, 0) is 6.61 Å². The number of hydrogen-bond acceptors (Lipinski definition) is 8. The van der Waals surface area contributed by atoms with Crippen LogP contribution >= 0.6 is 11.6 Å². The molecule has 0 aliphatic heterocycles. The molecule has 0 aromatic heterocycles. The molecule has 0 atom stereocenters. The van der Waals surface area contributed by atoms with Gasteiger partial charge in [0.05, 0.1) is 37.0 Å². The molecule has 3 aromatic carbocycles. The van der Waals surface area contributed by atoms with Gasteiger partial charge in [-0.05, 0) is 60.0 Å². The Balaban J connectivity index is 1.66. The van der Waals surface area contributed by atoms with E-state index in [0.29, 0.717) is 40.7 Å². The largest absolute Gasteiger partial charge is 0.493 e. The molecule has 0 heterocycles. The highest BCUT2D eigenvalue weighted by Gasteiger charge is 2.14. The fraction of sp³-hybridized carbons (Fsp3) is 0.231. The second kappa shape index (κ2) is 13.1. The smallest absolute Gasteiger partial charge is 0.271 e. The number of carbonyl (C=O) groups excluding carboxylic acids is 1.